The average molecular weight is 627 g/mol. The molecule has 1 saturated carbocycles. The van der Waals surface area contributed by atoms with Crippen LogP contribution in [0, 0.1) is 35.2 Å². The zero-order valence-electron chi connectivity index (χ0n) is 28.1. The van der Waals surface area contributed by atoms with Gasteiger partial charge in [-0.3, -0.25) is 0 Å². The van der Waals surface area contributed by atoms with Crippen molar-refractivity contribution < 1.29 is 13.2 Å². The third-order valence-corrected chi connectivity index (χ3v) is 10.8. The lowest BCUT2D eigenvalue weighted by molar-refractivity contribution is 0.190. The van der Waals surface area contributed by atoms with Gasteiger partial charge >= 0.3 is 0 Å². The Hall–Kier alpha value is -3.07. The standard InChI is InChI=1S/C43H53F3/c1-3-5-7-8-9-11-13-37-26-29-40(43(46)42(37)45)36-24-22-35(23-25-36)39-28-27-38(30-41(39)44)34-20-18-33(19-21-34)32-16-14-31(15-17-32)12-10-6-4-2/h4,6,20,22-33H,3,5,7-19,21H2,1-2H3/b6-4+. The highest BCUT2D eigenvalue weighted by Crippen LogP contribution is 2.42. The molecule has 0 spiro atoms. The first kappa shape index (κ1) is 34.3. The normalized spacial score (nSPS) is 20.3. The summed E-state index contributed by atoms with van der Waals surface area (Å²) in [6.45, 7) is 4.29. The summed E-state index contributed by atoms with van der Waals surface area (Å²) < 4.78 is 45.4. The van der Waals surface area contributed by atoms with E-state index in [1.165, 1.54) is 69.8 Å². The molecule has 2 aliphatic rings. The molecule has 3 heteroatoms. The predicted octanol–water partition coefficient (Wildman–Crippen LogP) is 13.7. The van der Waals surface area contributed by atoms with Gasteiger partial charge in [0, 0.05) is 11.1 Å². The molecule has 3 aromatic rings. The summed E-state index contributed by atoms with van der Waals surface area (Å²) in [6, 6.07) is 16.1. The van der Waals surface area contributed by atoms with Gasteiger partial charge in [0.15, 0.2) is 11.6 Å². The minimum atomic E-state index is -0.803. The Morgan fingerprint density at radius 3 is 2.04 bits per heavy atom. The van der Waals surface area contributed by atoms with Crippen LogP contribution in [0.4, 0.5) is 13.2 Å². The van der Waals surface area contributed by atoms with Gasteiger partial charge in [-0.2, -0.15) is 0 Å². The number of allylic oxidation sites excluding steroid dienone is 4. The second-order valence-corrected chi connectivity index (χ2v) is 13.9. The van der Waals surface area contributed by atoms with Crippen molar-refractivity contribution in [3.05, 3.63) is 101 Å². The molecular formula is C43H53F3. The van der Waals surface area contributed by atoms with Crippen molar-refractivity contribution in [2.75, 3.05) is 0 Å². The van der Waals surface area contributed by atoms with E-state index in [1.54, 1.807) is 42.5 Å². The fraction of sp³-hybridized carbons (Fsp3) is 0.488. The fourth-order valence-electron chi connectivity index (χ4n) is 7.87. The minimum Gasteiger partial charge on any atom is -0.206 e. The summed E-state index contributed by atoms with van der Waals surface area (Å²) >= 11 is 0. The van der Waals surface area contributed by atoms with E-state index in [0.29, 0.717) is 23.1 Å². The molecule has 46 heavy (non-hydrogen) atoms. The lowest BCUT2D eigenvalue weighted by atomic mass is 9.70. The van der Waals surface area contributed by atoms with E-state index >= 15 is 8.78 Å². The highest BCUT2D eigenvalue weighted by Gasteiger charge is 2.28. The summed E-state index contributed by atoms with van der Waals surface area (Å²) in [4.78, 5) is 0. The molecule has 2 aliphatic carbocycles. The van der Waals surface area contributed by atoms with Crippen LogP contribution in [-0.2, 0) is 6.42 Å². The highest BCUT2D eigenvalue weighted by molar-refractivity contribution is 5.74. The van der Waals surface area contributed by atoms with Crippen LogP contribution >= 0.6 is 0 Å². The molecule has 0 aliphatic heterocycles. The number of halogens is 3. The van der Waals surface area contributed by atoms with Crippen molar-refractivity contribution in [3.63, 3.8) is 0 Å². The van der Waals surface area contributed by atoms with Crippen molar-refractivity contribution in [3.8, 4) is 22.3 Å². The van der Waals surface area contributed by atoms with Gasteiger partial charge in [-0.25, -0.2) is 13.2 Å². The first-order valence-corrected chi connectivity index (χ1v) is 18.2. The maximum absolute atomic E-state index is 15.4. The van der Waals surface area contributed by atoms with Crippen molar-refractivity contribution in [2.45, 2.75) is 117 Å². The first-order chi connectivity index (χ1) is 22.5. The second kappa shape index (κ2) is 17.2. The Bertz CT molecular complexity index is 1460. The van der Waals surface area contributed by atoms with Gasteiger partial charge < -0.3 is 0 Å². The molecule has 5 rings (SSSR count). The molecule has 0 radical (unpaired) electrons. The number of benzene rings is 3. The number of aryl methyl sites for hydroxylation is 1. The Balaban J connectivity index is 1.17. The Kier molecular flexibility index (Phi) is 12.8. The third kappa shape index (κ3) is 8.84. The molecule has 1 atom stereocenters. The van der Waals surface area contributed by atoms with E-state index in [0.717, 1.165) is 61.0 Å². The van der Waals surface area contributed by atoms with Crippen LogP contribution in [0.1, 0.15) is 121 Å². The quantitative estimate of drug-likeness (QED) is 0.123. The molecule has 0 nitrogen and oxygen atoms in total. The fourth-order valence-corrected chi connectivity index (χ4v) is 7.87. The van der Waals surface area contributed by atoms with Crippen molar-refractivity contribution in [2.24, 2.45) is 17.8 Å². The van der Waals surface area contributed by atoms with Gasteiger partial charge in [0.25, 0.3) is 0 Å². The van der Waals surface area contributed by atoms with Gasteiger partial charge in [-0.05, 0) is 116 Å². The number of rotatable bonds is 14. The van der Waals surface area contributed by atoms with Gasteiger partial charge in [0.1, 0.15) is 5.82 Å². The number of hydrogen-bond donors (Lipinski definition) is 0. The topological polar surface area (TPSA) is 0 Å². The average Bonchev–Trinajstić information content (AvgIpc) is 3.09. The molecule has 0 aromatic heterocycles. The maximum atomic E-state index is 15.4. The van der Waals surface area contributed by atoms with Crippen molar-refractivity contribution in [1.82, 2.24) is 0 Å². The zero-order valence-corrected chi connectivity index (χ0v) is 28.1. The van der Waals surface area contributed by atoms with Crippen LogP contribution in [0.15, 0.2) is 72.8 Å². The van der Waals surface area contributed by atoms with Crippen molar-refractivity contribution in [1.29, 1.82) is 0 Å². The molecule has 0 N–H and O–H groups in total. The van der Waals surface area contributed by atoms with Gasteiger partial charge in [-0.15, -0.1) is 0 Å². The maximum Gasteiger partial charge on any atom is 0.166 e. The van der Waals surface area contributed by atoms with E-state index in [4.69, 9.17) is 0 Å². The molecule has 246 valence electrons. The molecular weight excluding hydrogens is 573 g/mol. The molecule has 3 aromatic carbocycles. The summed E-state index contributed by atoms with van der Waals surface area (Å²) in [6.07, 6.45) is 25.4. The van der Waals surface area contributed by atoms with Crippen LogP contribution in [0.3, 0.4) is 0 Å². The van der Waals surface area contributed by atoms with Crippen LogP contribution in [0.2, 0.25) is 0 Å². The molecule has 0 bridgehead atoms. The second-order valence-electron chi connectivity index (χ2n) is 13.9. The van der Waals surface area contributed by atoms with Crippen LogP contribution in [-0.4, -0.2) is 0 Å². The van der Waals surface area contributed by atoms with Gasteiger partial charge in [-0.1, -0.05) is 119 Å². The van der Waals surface area contributed by atoms with Gasteiger partial charge in [0.05, 0.1) is 0 Å². The molecule has 0 heterocycles. The van der Waals surface area contributed by atoms with E-state index in [9.17, 15) is 4.39 Å². The Morgan fingerprint density at radius 2 is 1.37 bits per heavy atom. The van der Waals surface area contributed by atoms with Crippen LogP contribution in [0.5, 0.6) is 0 Å². The highest BCUT2D eigenvalue weighted by atomic mass is 19.2. The van der Waals surface area contributed by atoms with E-state index in [2.05, 4.69) is 32.1 Å². The zero-order chi connectivity index (χ0) is 32.3. The van der Waals surface area contributed by atoms with E-state index < -0.39 is 11.6 Å². The predicted molar refractivity (Wildman–Crippen MR) is 189 cm³/mol. The number of unbranched alkanes of at least 4 members (excludes halogenated alkanes) is 5. The van der Waals surface area contributed by atoms with Crippen LogP contribution in [0.25, 0.3) is 27.8 Å². The van der Waals surface area contributed by atoms with Crippen molar-refractivity contribution >= 4 is 5.57 Å². The summed E-state index contributed by atoms with van der Waals surface area (Å²) in [5, 5.41) is 0. The van der Waals surface area contributed by atoms with Gasteiger partial charge in [0.2, 0.25) is 0 Å². The third-order valence-electron chi connectivity index (χ3n) is 10.8. The van der Waals surface area contributed by atoms with E-state index in [-0.39, 0.29) is 11.4 Å². The SMILES string of the molecule is C/C=C/CCC1CCC(C2CC=C(c3ccc(-c4ccc(-c5ccc(CCCCCCCC)c(F)c5F)cc4)c(F)c3)CC2)CC1. The largest absolute Gasteiger partial charge is 0.206 e. The molecule has 1 fully saturated rings. The molecule has 1 unspecified atom stereocenters. The number of hydrogen-bond acceptors (Lipinski definition) is 0. The summed E-state index contributed by atoms with van der Waals surface area (Å²) in [7, 11) is 0. The van der Waals surface area contributed by atoms with Crippen LogP contribution < -0.4 is 0 Å². The van der Waals surface area contributed by atoms with E-state index in [1.807, 2.05) is 12.1 Å². The smallest absolute Gasteiger partial charge is 0.166 e. The summed E-state index contributed by atoms with van der Waals surface area (Å²) in [5.41, 5.74) is 4.76. The molecule has 0 amide bonds. The molecule has 0 saturated heterocycles. The summed E-state index contributed by atoms with van der Waals surface area (Å²) in [5.74, 6) is 0.699. The lowest BCUT2D eigenvalue weighted by Gasteiger charge is -2.35. The monoisotopic (exact) mass is 626 g/mol. The minimum absolute atomic E-state index is 0.242. The Morgan fingerprint density at radius 1 is 0.696 bits per heavy atom. The first-order valence-electron chi connectivity index (χ1n) is 18.2. The lowest BCUT2D eigenvalue weighted by Crippen LogP contribution is -2.23. The Labute approximate surface area is 276 Å².